The molecular weight excluding hydrogens is 402 g/mol. The summed E-state index contributed by atoms with van der Waals surface area (Å²) in [5.41, 5.74) is 0.289. The molecule has 1 aromatic heterocycles. The molecule has 2 aromatic carbocycles. The van der Waals surface area contributed by atoms with E-state index in [2.05, 4.69) is 10.3 Å². The highest BCUT2D eigenvalue weighted by Crippen LogP contribution is 2.29. The second kappa shape index (κ2) is 7.85. The van der Waals surface area contributed by atoms with Crippen LogP contribution in [0, 0.1) is 11.6 Å². The largest absolute Gasteiger partial charge is 0.497 e. The summed E-state index contributed by atoms with van der Waals surface area (Å²) in [7, 11) is 1.54. The molecule has 0 radical (unpaired) electrons. The summed E-state index contributed by atoms with van der Waals surface area (Å²) in [5, 5.41) is 2.48. The molecule has 10 heteroatoms. The van der Waals surface area contributed by atoms with E-state index in [0.29, 0.717) is 28.5 Å². The van der Waals surface area contributed by atoms with Gasteiger partial charge in [-0.15, -0.1) is 0 Å². The fourth-order valence-corrected chi connectivity index (χ4v) is 3.27. The van der Waals surface area contributed by atoms with Crippen LogP contribution in [0.3, 0.4) is 0 Å². The quantitative estimate of drug-likeness (QED) is 0.505. The van der Waals surface area contributed by atoms with Crippen LogP contribution >= 0.6 is 22.9 Å². The van der Waals surface area contributed by atoms with Crippen molar-refractivity contribution in [2.24, 2.45) is 0 Å². The lowest BCUT2D eigenvalue weighted by molar-refractivity contribution is -0.119. The third kappa shape index (κ3) is 4.32. The van der Waals surface area contributed by atoms with Crippen LogP contribution < -0.4 is 10.1 Å². The second-order valence-corrected chi connectivity index (χ2v) is 6.66. The van der Waals surface area contributed by atoms with E-state index in [0.717, 1.165) is 4.70 Å². The van der Waals surface area contributed by atoms with E-state index in [1.165, 1.54) is 11.3 Å². The fourth-order valence-electron chi connectivity index (χ4n) is 2.13. The number of anilines is 1. The molecule has 3 rings (SSSR count). The molecular formula is C17H11ClF2N2O4S. The molecule has 0 unspecified atom stereocenters. The lowest BCUT2D eigenvalue weighted by atomic mass is 10.2. The second-order valence-electron chi connectivity index (χ2n) is 5.22. The molecule has 0 aliphatic heterocycles. The van der Waals surface area contributed by atoms with Crippen LogP contribution in [0.1, 0.15) is 10.4 Å². The number of hydrogen-bond acceptors (Lipinski definition) is 6. The van der Waals surface area contributed by atoms with E-state index in [-0.39, 0.29) is 10.6 Å². The predicted molar refractivity (Wildman–Crippen MR) is 96.5 cm³/mol. The lowest BCUT2D eigenvalue weighted by Gasteiger charge is -2.06. The summed E-state index contributed by atoms with van der Waals surface area (Å²) in [6, 6.07) is 6.52. The average molecular weight is 413 g/mol. The number of carbonyl (C=O) groups is 2. The van der Waals surface area contributed by atoms with Crippen LogP contribution in [-0.2, 0) is 9.53 Å². The van der Waals surface area contributed by atoms with Crippen molar-refractivity contribution in [2.45, 2.75) is 0 Å². The fraction of sp³-hybridized carbons (Fsp3) is 0.118. The van der Waals surface area contributed by atoms with E-state index in [1.54, 1.807) is 25.3 Å². The van der Waals surface area contributed by atoms with E-state index in [9.17, 15) is 18.4 Å². The number of aromatic nitrogens is 1. The zero-order valence-electron chi connectivity index (χ0n) is 13.7. The summed E-state index contributed by atoms with van der Waals surface area (Å²) in [6.07, 6.45) is 0. The molecule has 0 atom stereocenters. The Balaban J connectivity index is 1.63. The SMILES string of the molecule is COc1ccc2nc(NC(=O)COC(=O)c3cc(F)c(F)cc3Cl)sc2c1. The zero-order valence-corrected chi connectivity index (χ0v) is 15.3. The number of carbonyl (C=O) groups excluding carboxylic acids is 2. The van der Waals surface area contributed by atoms with Crippen LogP contribution in [0.25, 0.3) is 10.2 Å². The number of hydrogen-bond donors (Lipinski definition) is 1. The number of esters is 1. The van der Waals surface area contributed by atoms with Gasteiger partial charge >= 0.3 is 5.97 Å². The van der Waals surface area contributed by atoms with Gasteiger partial charge in [0.15, 0.2) is 23.4 Å². The number of ether oxygens (including phenoxy) is 2. The Morgan fingerprint density at radius 3 is 2.70 bits per heavy atom. The van der Waals surface area contributed by atoms with Crippen molar-refractivity contribution in [2.75, 3.05) is 19.0 Å². The minimum Gasteiger partial charge on any atom is -0.497 e. The third-order valence-electron chi connectivity index (χ3n) is 3.41. The highest BCUT2D eigenvalue weighted by Gasteiger charge is 2.18. The van der Waals surface area contributed by atoms with E-state index >= 15 is 0 Å². The predicted octanol–water partition coefficient (Wildman–Crippen LogP) is 4.03. The highest BCUT2D eigenvalue weighted by molar-refractivity contribution is 7.22. The van der Waals surface area contributed by atoms with Gasteiger partial charge in [0.05, 0.1) is 27.9 Å². The van der Waals surface area contributed by atoms with Crippen molar-refractivity contribution >= 4 is 50.2 Å². The van der Waals surface area contributed by atoms with Crippen molar-refractivity contribution in [3.8, 4) is 5.75 Å². The molecule has 0 aliphatic rings. The van der Waals surface area contributed by atoms with Crippen LogP contribution in [-0.4, -0.2) is 30.6 Å². The van der Waals surface area contributed by atoms with Crippen molar-refractivity contribution in [1.29, 1.82) is 0 Å². The first-order chi connectivity index (χ1) is 12.9. The maximum absolute atomic E-state index is 13.2. The number of amides is 1. The number of nitrogens with zero attached hydrogens (tertiary/aromatic N) is 1. The van der Waals surface area contributed by atoms with Gasteiger partial charge in [-0.25, -0.2) is 18.6 Å². The minimum absolute atomic E-state index is 0.310. The molecule has 3 aromatic rings. The first-order valence-electron chi connectivity index (χ1n) is 7.43. The number of rotatable bonds is 5. The number of thiazole rings is 1. The van der Waals surface area contributed by atoms with Gasteiger partial charge in [0.1, 0.15) is 5.75 Å². The smallest absolute Gasteiger partial charge is 0.340 e. The molecule has 0 saturated heterocycles. The Hall–Kier alpha value is -2.78. The molecule has 6 nitrogen and oxygen atoms in total. The Labute approximate surface area is 160 Å². The number of halogens is 3. The van der Waals surface area contributed by atoms with E-state index in [1.807, 2.05) is 0 Å². The standard InChI is InChI=1S/C17H11ClF2N2O4S/c1-25-8-2-3-13-14(4-8)27-17(21-13)22-15(23)7-26-16(24)9-5-11(19)12(20)6-10(9)18/h2-6H,7H2,1H3,(H,21,22,23). The van der Waals surface area contributed by atoms with Crippen molar-refractivity contribution in [3.63, 3.8) is 0 Å². The summed E-state index contributed by atoms with van der Waals surface area (Å²) in [6.45, 7) is -0.645. The number of methoxy groups -OCH3 is 1. The summed E-state index contributed by atoms with van der Waals surface area (Å²) >= 11 is 6.90. The molecule has 27 heavy (non-hydrogen) atoms. The van der Waals surface area contributed by atoms with Crippen molar-refractivity contribution in [3.05, 3.63) is 52.6 Å². The summed E-state index contributed by atoms with van der Waals surface area (Å²) in [4.78, 5) is 28.1. The van der Waals surface area contributed by atoms with E-state index in [4.69, 9.17) is 21.1 Å². The van der Waals surface area contributed by atoms with Gasteiger partial charge < -0.3 is 9.47 Å². The van der Waals surface area contributed by atoms with Gasteiger partial charge in [-0.05, 0) is 30.3 Å². The molecule has 0 saturated carbocycles. The molecule has 0 aliphatic carbocycles. The molecule has 0 fully saturated rings. The first kappa shape index (κ1) is 19.0. The maximum Gasteiger partial charge on any atom is 0.340 e. The molecule has 0 spiro atoms. The van der Waals surface area contributed by atoms with Gasteiger partial charge in [0.2, 0.25) is 0 Å². The maximum atomic E-state index is 13.2. The van der Waals surface area contributed by atoms with Crippen LogP contribution in [0.5, 0.6) is 5.75 Å². The lowest BCUT2D eigenvalue weighted by Crippen LogP contribution is -2.21. The number of benzene rings is 2. The van der Waals surface area contributed by atoms with E-state index < -0.39 is 30.1 Å². The summed E-state index contributed by atoms with van der Waals surface area (Å²) < 4.78 is 37.0. The number of fused-ring (bicyclic) bond motifs is 1. The van der Waals surface area contributed by atoms with Crippen LogP contribution in [0.4, 0.5) is 13.9 Å². The van der Waals surface area contributed by atoms with Crippen LogP contribution in [0.15, 0.2) is 30.3 Å². The molecule has 140 valence electrons. The van der Waals surface area contributed by atoms with Gasteiger partial charge in [-0.2, -0.15) is 0 Å². The molecule has 1 N–H and O–H groups in total. The first-order valence-corrected chi connectivity index (χ1v) is 8.63. The van der Waals surface area contributed by atoms with Crippen molar-refractivity contribution in [1.82, 2.24) is 4.98 Å². The van der Waals surface area contributed by atoms with Gasteiger partial charge in [0.25, 0.3) is 5.91 Å². The van der Waals surface area contributed by atoms with Gasteiger partial charge in [-0.1, -0.05) is 22.9 Å². The number of nitrogens with one attached hydrogen (secondary N) is 1. The molecule has 0 bridgehead atoms. The Bertz CT molecular complexity index is 1040. The van der Waals surface area contributed by atoms with Gasteiger partial charge in [0, 0.05) is 0 Å². The Morgan fingerprint density at radius 1 is 1.22 bits per heavy atom. The molecule has 1 heterocycles. The monoisotopic (exact) mass is 412 g/mol. The van der Waals surface area contributed by atoms with Crippen LogP contribution in [0.2, 0.25) is 5.02 Å². The normalized spacial score (nSPS) is 10.7. The minimum atomic E-state index is -1.25. The van der Waals surface area contributed by atoms with Gasteiger partial charge in [-0.3, -0.25) is 10.1 Å². The molecule has 1 amide bonds. The average Bonchev–Trinajstić information content (AvgIpc) is 3.03. The third-order valence-corrected chi connectivity index (χ3v) is 4.65. The Kier molecular flexibility index (Phi) is 5.52. The summed E-state index contributed by atoms with van der Waals surface area (Å²) in [5.74, 6) is -3.49. The Morgan fingerprint density at radius 2 is 1.96 bits per heavy atom. The topological polar surface area (TPSA) is 77.5 Å². The zero-order chi connectivity index (χ0) is 19.6. The highest BCUT2D eigenvalue weighted by atomic mass is 35.5. The van der Waals surface area contributed by atoms with Crippen molar-refractivity contribution < 1.29 is 27.8 Å².